The van der Waals surface area contributed by atoms with Crippen molar-refractivity contribution < 1.29 is 9.59 Å². The third-order valence-corrected chi connectivity index (χ3v) is 10.2. The highest BCUT2D eigenvalue weighted by Gasteiger charge is 2.54. The van der Waals surface area contributed by atoms with Crippen LogP contribution in [0.2, 0.25) is 0 Å². The van der Waals surface area contributed by atoms with E-state index in [0.29, 0.717) is 12.2 Å². The van der Waals surface area contributed by atoms with Gasteiger partial charge in [-0.2, -0.15) is 0 Å². The maximum atomic E-state index is 14.9. The van der Waals surface area contributed by atoms with Crippen LogP contribution in [-0.4, -0.2) is 27.3 Å². The highest BCUT2D eigenvalue weighted by Crippen LogP contribution is 2.45. The number of benzene rings is 2. The molecule has 3 heterocycles. The van der Waals surface area contributed by atoms with Crippen LogP contribution in [0.1, 0.15) is 91.3 Å². The van der Waals surface area contributed by atoms with Gasteiger partial charge in [0.25, 0.3) is 11.8 Å². The van der Waals surface area contributed by atoms with Crippen LogP contribution in [0.4, 0.5) is 0 Å². The van der Waals surface area contributed by atoms with Crippen molar-refractivity contribution in [2.45, 2.75) is 89.4 Å². The van der Waals surface area contributed by atoms with Gasteiger partial charge in [0.05, 0.1) is 22.8 Å². The van der Waals surface area contributed by atoms with Crippen molar-refractivity contribution in [3.63, 3.8) is 0 Å². The summed E-state index contributed by atoms with van der Waals surface area (Å²) in [5.41, 5.74) is 2.40. The normalized spacial score (nSPS) is 21.1. The number of aryl methyl sites for hydroxylation is 1. The van der Waals surface area contributed by atoms with E-state index in [1.54, 1.807) is 11.3 Å². The average molecular weight is 554 g/mol. The summed E-state index contributed by atoms with van der Waals surface area (Å²) in [6.07, 6.45) is 8.89. The highest BCUT2D eigenvalue weighted by molar-refractivity contribution is 7.19. The number of rotatable bonds is 6. The van der Waals surface area contributed by atoms with Gasteiger partial charge in [0.15, 0.2) is 5.54 Å². The molecule has 2 amide bonds. The number of nitrogens with one attached hydrogen (secondary N) is 1. The van der Waals surface area contributed by atoms with Gasteiger partial charge in [-0.15, -0.1) is 11.3 Å². The Bertz CT molecular complexity index is 1480. The molecule has 0 saturated heterocycles. The fourth-order valence-electron chi connectivity index (χ4n) is 6.77. The number of aromatic nitrogens is 1. The summed E-state index contributed by atoms with van der Waals surface area (Å²) in [7, 11) is 0. The molecule has 2 aromatic heterocycles. The summed E-state index contributed by atoms with van der Waals surface area (Å²) in [6, 6.07) is 24.2. The molecule has 1 N–H and O–H groups in total. The molecular weight excluding hydrogens is 514 g/mol. The highest BCUT2D eigenvalue weighted by atomic mass is 32.1. The quantitative estimate of drug-likeness (QED) is 0.267. The zero-order valence-corrected chi connectivity index (χ0v) is 24.4. The van der Waals surface area contributed by atoms with E-state index in [2.05, 4.69) is 41.9 Å². The predicted octanol–water partition coefficient (Wildman–Crippen LogP) is 7.61. The molecular formula is C34H39N3O2S. The Kier molecular flexibility index (Phi) is 7.54. The molecule has 4 aromatic rings. The minimum absolute atomic E-state index is 0.0705. The molecule has 2 aromatic carbocycles. The predicted molar refractivity (Wildman–Crippen MR) is 163 cm³/mol. The first kappa shape index (κ1) is 26.8. The van der Waals surface area contributed by atoms with E-state index >= 15 is 0 Å². The Morgan fingerprint density at radius 3 is 2.30 bits per heavy atom. The largest absolute Gasteiger partial charge is 0.351 e. The van der Waals surface area contributed by atoms with Gasteiger partial charge in [0, 0.05) is 10.9 Å². The van der Waals surface area contributed by atoms with E-state index in [4.69, 9.17) is 0 Å². The molecule has 40 heavy (non-hydrogen) atoms. The van der Waals surface area contributed by atoms with Gasteiger partial charge in [-0.3, -0.25) is 9.59 Å². The van der Waals surface area contributed by atoms with E-state index in [1.807, 2.05) is 59.5 Å². The molecule has 1 aliphatic carbocycles. The van der Waals surface area contributed by atoms with Crippen LogP contribution in [0.3, 0.4) is 0 Å². The van der Waals surface area contributed by atoms with Crippen LogP contribution in [0, 0.1) is 0 Å². The second-order valence-corrected chi connectivity index (χ2v) is 12.6. The number of thiophene rings is 1. The molecule has 6 rings (SSSR count). The van der Waals surface area contributed by atoms with Gasteiger partial charge in [0.1, 0.15) is 5.69 Å². The van der Waals surface area contributed by atoms with Crippen LogP contribution in [0.25, 0.3) is 10.2 Å². The second kappa shape index (κ2) is 11.2. The van der Waals surface area contributed by atoms with Gasteiger partial charge in [0.2, 0.25) is 0 Å². The number of carbonyl (C=O) groups excluding carboxylic acids is 2. The first-order chi connectivity index (χ1) is 19.5. The topological polar surface area (TPSA) is 54.3 Å². The van der Waals surface area contributed by atoms with Crippen molar-refractivity contribution in [1.29, 1.82) is 0 Å². The molecule has 6 heteroatoms. The van der Waals surface area contributed by atoms with E-state index in [9.17, 15) is 9.59 Å². The van der Waals surface area contributed by atoms with Crippen LogP contribution in [0.5, 0.6) is 0 Å². The van der Waals surface area contributed by atoms with E-state index < -0.39 is 5.54 Å². The first-order valence-electron chi connectivity index (χ1n) is 14.9. The smallest absolute Gasteiger partial charge is 0.272 e. The number of carbonyl (C=O) groups is 2. The first-order valence-corrected chi connectivity index (χ1v) is 15.7. The molecule has 0 spiro atoms. The van der Waals surface area contributed by atoms with Crippen molar-refractivity contribution in [2.75, 3.05) is 0 Å². The SMILES string of the molecule is CCc1cc2c(cc3n2C[C@](C(=O)NC2CCCCCCC2)(c2ccccc2)N([C@@H](C)c2ccccc2)C3=O)s1. The van der Waals surface area contributed by atoms with E-state index in [0.717, 1.165) is 53.4 Å². The lowest BCUT2D eigenvalue weighted by Crippen LogP contribution is -2.64. The Labute approximate surface area is 241 Å². The number of hydrogen-bond donors (Lipinski definition) is 1. The number of nitrogens with zero attached hydrogens (tertiary/aromatic N) is 2. The second-order valence-electron chi connectivity index (χ2n) is 11.4. The van der Waals surface area contributed by atoms with Gasteiger partial charge in [-0.1, -0.05) is 99.7 Å². The zero-order valence-electron chi connectivity index (χ0n) is 23.6. The van der Waals surface area contributed by atoms with Gasteiger partial charge in [-0.25, -0.2) is 0 Å². The molecule has 208 valence electrons. The van der Waals surface area contributed by atoms with Crippen LogP contribution in [0.15, 0.2) is 72.8 Å². The Morgan fingerprint density at radius 2 is 1.62 bits per heavy atom. The maximum Gasteiger partial charge on any atom is 0.272 e. The van der Waals surface area contributed by atoms with Gasteiger partial charge < -0.3 is 14.8 Å². The Morgan fingerprint density at radius 1 is 0.975 bits per heavy atom. The maximum absolute atomic E-state index is 14.9. The minimum Gasteiger partial charge on any atom is -0.351 e. The van der Waals surface area contributed by atoms with Crippen LogP contribution in [-0.2, 0) is 23.3 Å². The zero-order chi connectivity index (χ0) is 27.7. The van der Waals surface area contributed by atoms with Gasteiger partial charge in [-0.05, 0) is 49.4 Å². The molecule has 1 fully saturated rings. The van der Waals surface area contributed by atoms with Crippen LogP contribution >= 0.6 is 11.3 Å². The minimum atomic E-state index is -1.19. The molecule has 1 aliphatic heterocycles. The Hall–Kier alpha value is -3.38. The fraction of sp³-hybridized carbons (Fsp3) is 0.412. The van der Waals surface area contributed by atoms with Crippen molar-refractivity contribution in [3.05, 3.63) is 94.5 Å². The average Bonchev–Trinajstić information content (AvgIpc) is 3.53. The molecule has 5 nitrogen and oxygen atoms in total. The summed E-state index contributed by atoms with van der Waals surface area (Å²) in [5, 5.41) is 3.50. The molecule has 2 aliphatic rings. The van der Waals surface area contributed by atoms with Crippen molar-refractivity contribution >= 4 is 33.4 Å². The van der Waals surface area contributed by atoms with E-state index in [1.165, 1.54) is 24.1 Å². The number of amides is 2. The summed E-state index contributed by atoms with van der Waals surface area (Å²) in [4.78, 5) is 32.7. The van der Waals surface area contributed by atoms with Crippen LogP contribution < -0.4 is 5.32 Å². The van der Waals surface area contributed by atoms with Crippen molar-refractivity contribution in [1.82, 2.24) is 14.8 Å². The molecule has 0 unspecified atom stereocenters. The lowest BCUT2D eigenvalue weighted by Gasteiger charge is -2.49. The summed E-state index contributed by atoms with van der Waals surface area (Å²) < 4.78 is 3.23. The lowest BCUT2D eigenvalue weighted by atomic mass is 9.82. The standard InChI is InChI=1S/C34H39N3O2S/c1-3-28-21-29-31(40-28)22-30-32(38)37(24(2)25-15-9-7-10-16-25)34(23-36(29)30,26-17-11-8-12-18-26)33(39)35-27-19-13-5-4-6-14-20-27/h7-12,15-18,21-22,24,27H,3-6,13-14,19-20,23H2,1-2H3,(H,35,39)/t24-,34+/m0/s1. The summed E-state index contributed by atoms with van der Waals surface area (Å²) >= 11 is 1.74. The summed E-state index contributed by atoms with van der Waals surface area (Å²) in [6.45, 7) is 4.61. The van der Waals surface area contributed by atoms with Gasteiger partial charge >= 0.3 is 0 Å². The molecule has 1 saturated carbocycles. The fourth-order valence-corrected chi connectivity index (χ4v) is 7.81. The number of hydrogen-bond acceptors (Lipinski definition) is 3. The monoisotopic (exact) mass is 553 g/mol. The molecule has 0 radical (unpaired) electrons. The van der Waals surface area contributed by atoms with Crippen molar-refractivity contribution in [2.24, 2.45) is 0 Å². The van der Waals surface area contributed by atoms with Crippen molar-refractivity contribution in [3.8, 4) is 0 Å². The third kappa shape index (κ3) is 4.66. The molecule has 0 bridgehead atoms. The van der Waals surface area contributed by atoms with E-state index in [-0.39, 0.29) is 23.9 Å². The molecule has 2 atom stereocenters. The lowest BCUT2D eigenvalue weighted by molar-refractivity contribution is -0.137. The number of fused-ring (bicyclic) bond motifs is 3. The Balaban J connectivity index is 1.53. The third-order valence-electron chi connectivity index (χ3n) is 8.96. The summed E-state index contributed by atoms with van der Waals surface area (Å²) in [5.74, 6) is -0.167.